The first-order valence-corrected chi connectivity index (χ1v) is 9.88. The molecular weight excluding hydrogens is 348 g/mol. The summed E-state index contributed by atoms with van der Waals surface area (Å²) >= 11 is 1.42. The van der Waals surface area contributed by atoms with Crippen LogP contribution in [0.4, 0.5) is 9.93 Å². The molecular formula is C19H26N4O2S. The molecule has 2 heterocycles. The van der Waals surface area contributed by atoms with Gasteiger partial charge >= 0.3 is 6.03 Å². The Morgan fingerprint density at radius 1 is 1.38 bits per heavy atom. The molecule has 2 amide bonds. The number of nitrogens with zero attached hydrogens (tertiary/aromatic N) is 2. The molecule has 3 rings (SSSR count). The molecule has 26 heavy (non-hydrogen) atoms. The van der Waals surface area contributed by atoms with Gasteiger partial charge in [0.25, 0.3) is 0 Å². The Morgan fingerprint density at radius 2 is 2.19 bits per heavy atom. The average molecular weight is 375 g/mol. The smallest absolute Gasteiger partial charge is 0.321 e. The Hall–Kier alpha value is -1.96. The van der Waals surface area contributed by atoms with Gasteiger partial charge in [-0.25, -0.2) is 9.78 Å². The number of morpholine rings is 1. The van der Waals surface area contributed by atoms with E-state index >= 15 is 0 Å². The largest absolute Gasteiger partial charge is 0.374 e. The van der Waals surface area contributed by atoms with E-state index in [1.165, 1.54) is 11.3 Å². The van der Waals surface area contributed by atoms with E-state index in [0.717, 1.165) is 30.9 Å². The summed E-state index contributed by atoms with van der Waals surface area (Å²) in [4.78, 5) is 19.0. The number of nitrogens with one attached hydrogen (secondary N) is 2. The number of carbonyl (C=O) groups is 1. The molecule has 0 spiro atoms. The predicted octanol–water partition coefficient (Wildman–Crippen LogP) is 3.29. The molecule has 0 saturated carbocycles. The van der Waals surface area contributed by atoms with E-state index in [-0.39, 0.29) is 12.1 Å². The van der Waals surface area contributed by atoms with Crippen LogP contribution < -0.4 is 10.6 Å². The highest BCUT2D eigenvalue weighted by molar-refractivity contribution is 7.14. The Balaban J connectivity index is 1.45. The molecule has 140 valence electrons. The maximum atomic E-state index is 12.1. The van der Waals surface area contributed by atoms with Crippen molar-refractivity contribution < 1.29 is 9.53 Å². The molecule has 1 unspecified atom stereocenters. The SMILES string of the molecule is CC(C)CN1CCOC(CNC(=O)Nc2nc(-c3ccccc3)cs2)C1. The number of anilines is 1. The molecule has 0 aliphatic carbocycles. The van der Waals surface area contributed by atoms with Crippen molar-refractivity contribution in [1.82, 2.24) is 15.2 Å². The molecule has 7 heteroatoms. The first-order valence-electron chi connectivity index (χ1n) is 9.00. The molecule has 1 atom stereocenters. The summed E-state index contributed by atoms with van der Waals surface area (Å²) in [5, 5.41) is 8.23. The first kappa shape index (κ1) is 18.8. The molecule has 2 N–H and O–H groups in total. The fourth-order valence-corrected chi connectivity index (χ4v) is 3.72. The Labute approximate surface area is 158 Å². The second-order valence-electron chi connectivity index (χ2n) is 6.89. The van der Waals surface area contributed by atoms with Gasteiger partial charge in [-0.05, 0) is 5.92 Å². The van der Waals surface area contributed by atoms with Gasteiger partial charge in [-0.2, -0.15) is 0 Å². The molecule has 1 aliphatic heterocycles. The number of benzene rings is 1. The van der Waals surface area contributed by atoms with E-state index in [4.69, 9.17) is 4.74 Å². The van der Waals surface area contributed by atoms with E-state index in [0.29, 0.717) is 24.2 Å². The number of thiazole rings is 1. The fraction of sp³-hybridized carbons (Fsp3) is 0.474. The van der Waals surface area contributed by atoms with Crippen molar-refractivity contribution >= 4 is 22.5 Å². The molecule has 1 aromatic heterocycles. The van der Waals surface area contributed by atoms with Gasteiger partial charge < -0.3 is 10.1 Å². The number of urea groups is 1. The first-order chi connectivity index (χ1) is 12.6. The second kappa shape index (κ2) is 9.12. The minimum atomic E-state index is -0.247. The van der Waals surface area contributed by atoms with Crippen molar-refractivity contribution in [2.75, 3.05) is 38.1 Å². The molecule has 1 saturated heterocycles. The second-order valence-corrected chi connectivity index (χ2v) is 7.74. The monoisotopic (exact) mass is 374 g/mol. The van der Waals surface area contributed by atoms with Crippen LogP contribution in [-0.2, 0) is 4.74 Å². The van der Waals surface area contributed by atoms with Gasteiger partial charge in [-0.1, -0.05) is 44.2 Å². The zero-order chi connectivity index (χ0) is 18.4. The van der Waals surface area contributed by atoms with Crippen molar-refractivity contribution in [2.24, 2.45) is 5.92 Å². The summed E-state index contributed by atoms with van der Waals surface area (Å²) in [6, 6.07) is 9.67. The molecule has 6 nitrogen and oxygen atoms in total. The third-order valence-electron chi connectivity index (χ3n) is 4.13. The number of rotatable bonds is 6. The maximum absolute atomic E-state index is 12.1. The third-order valence-corrected chi connectivity index (χ3v) is 4.89. The highest BCUT2D eigenvalue weighted by Gasteiger charge is 2.21. The molecule has 0 radical (unpaired) electrons. The van der Waals surface area contributed by atoms with Gasteiger partial charge in [-0.3, -0.25) is 10.2 Å². The van der Waals surface area contributed by atoms with E-state index < -0.39 is 0 Å². The standard InChI is InChI=1S/C19H26N4O2S/c1-14(2)11-23-8-9-25-16(12-23)10-20-18(24)22-19-21-17(13-26-19)15-6-4-3-5-7-15/h3-7,13-14,16H,8-12H2,1-2H3,(H2,20,21,22,24). The number of hydrogen-bond donors (Lipinski definition) is 2. The lowest BCUT2D eigenvalue weighted by atomic mass is 10.2. The van der Waals surface area contributed by atoms with Crippen molar-refractivity contribution in [2.45, 2.75) is 20.0 Å². The summed E-state index contributed by atoms with van der Waals surface area (Å²) in [5.74, 6) is 0.633. The number of ether oxygens (including phenoxy) is 1. The van der Waals surface area contributed by atoms with Crippen LogP contribution in [0.25, 0.3) is 11.3 Å². The quantitative estimate of drug-likeness (QED) is 0.814. The molecule has 1 aromatic carbocycles. The number of carbonyl (C=O) groups excluding carboxylic acids is 1. The lowest BCUT2D eigenvalue weighted by Gasteiger charge is -2.33. The zero-order valence-corrected chi connectivity index (χ0v) is 16.1. The van der Waals surface area contributed by atoms with Crippen LogP contribution >= 0.6 is 11.3 Å². The van der Waals surface area contributed by atoms with E-state index in [9.17, 15) is 4.79 Å². The Kier molecular flexibility index (Phi) is 6.60. The summed E-state index contributed by atoms with van der Waals surface area (Å²) in [7, 11) is 0. The Bertz CT molecular complexity index is 705. The average Bonchev–Trinajstić information content (AvgIpc) is 3.09. The topological polar surface area (TPSA) is 66.5 Å². The number of amides is 2. The van der Waals surface area contributed by atoms with Gasteiger partial charge in [0.15, 0.2) is 5.13 Å². The summed E-state index contributed by atoms with van der Waals surface area (Å²) < 4.78 is 5.76. The van der Waals surface area contributed by atoms with E-state index in [1.807, 2.05) is 35.7 Å². The highest BCUT2D eigenvalue weighted by atomic mass is 32.1. The van der Waals surface area contributed by atoms with Crippen molar-refractivity contribution in [1.29, 1.82) is 0 Å². The number of aromatic nitrogens is 1. The maximum Gasteiger partial charge on any atom is 0.321 e. The lowest BCUT2D eigenvalue weighted by molar-refractivity contribution is -0.0288. The van der Waals surface area contributed by atoms with Gasteiger partial charge in [0.1, 0.15) is 0 Å². The zero-order valence-electron chi connectivity index (χ0n) is 15.3. The lowest BCUT2D eigenvalue weighted by Crippen LogP contribution is -2.48. The molecule has 1 aliphatic rings. The summed E-state index contributed by atoms with van der Waals surface area (Å²) in [6.07, 6.45) is 0.0319. The minimum Gasteiger partial charge on any atom is -0.374 e. The molecule has 2 aromatic rings. The van der Waals surface area contributed by atoms with Crippen LogP contribution in [0, 0.1) is 5.92 Å². The third kappa shape index (κ3) is 5.52. The van der Waals surface area contributed by atoms with Gasteiger partial charge in [0.2, 0.25) is 0 Å². The van der Waals surface area contributed by atoms with Crippen molar-refractivity contribution in [3.63, 3.8) is 0 Å². The molecule has 0 bridgehead atoms. The van der Waals surface area contributed by atoms with Gasteiger partial charge in [0, 0.05) is 37.1 Å². The van der Waals surface area contributed by atoms with Crippen LogP contribution in [0.1, 0.15) is 13.8 Å². The predicted molar refractivity (Wildman–Crippen MR) is 106 cm³/mol. The summed E-state index contributed by atoms with van der Waals surface area (Å²) in [5.41, 5.74) is 1.91. The van der Waals surface area contributed by atoms with Gasteiger partial charge in [-0.15, -0.1) is 11.3 Å². The minimum absolute atomic E-state index is 0.0319. The fourth-order valence-electron chi connectivity index (χ4n) is 3.01. The summed E-state index contributed by atoms with van der Waals surface area (Å²) in [6.45, 7) is 8.52. The normalized spacial score (nSPS) is 18.0. The van der Waals surface area contributed by atoms with Crippen LogP contribution in [0.3, 0.4) is 0 Å². The van der Waals surface area contributed by atoms with Crippen LogP contribution in [0.2, 0.25) is 0 Å². The van der Waals surface area contributed by atoms with Gasteiger partial charge in [0.05, 0.1) is 18.4 Å². The van der Waals surface area contributed by atoms with Crippen LogP contribution in [-0.4, -0.2) is 54.8 Å². The molecule has 1 fully saturated rings. The van der Waals surface area contributed by atoms with Crippen LogP contribution in [0.15, 0.2) is 35.7 Å². The Morgan fingerprint density at radius 3 is 2.96 bits per heavy atom. The van der Waals surface area contributed by atoms with Crippen molar-refractivity contribution in [3.8, 4) is 11.3 Å². The van der Waals surface area contributed by atoms with Crippen LogP contribution in [0.5, 0.6) is 0 Å². The van der Waals surface area contributed by atoms with E-state index in [2.05, 4.69) is 34.4 Å². The number of hydrogen-bond acceptors (Lipinski definition) is 5. The van der Waals surface area contributed by atoms with E-state index in [1.54, 1.807) is 0 Å². The highest BCUT2D eigenvalue weighted by Crippen LogP contribution is 2.24. The van der Waals surface area contributed by atoms with Crippen molar-refractivity contribution in [3.05, 3.63) is 35.7 Å².